The monoisotopic (exact) mass is 374 g/mol. The van der Waals surface area contributed by atoms with E-state index in [-0.39, 0.29) is 5.91 Å². The highest BCUT2D eigenvalue weighted by atomic mass is 127. The van der Waals surface area contributed by atoms with Crippen LogP contribution in [0.5, 0.6) is 5.75 Å². The fourth-order valence-corrected chi connectivity index (χ4v) is 1.84. The average molecular weight is 374 g/mol. The van der Waals surface area contributed by atoms with E-state index < -0.39 is 0 Å². The van der Waals surface area contributed by atoms with Crippen LogP contribution >= 0.6 is 22.9 Å². The molecule has 1 N–H and O–H groups in total. The summed E-state index contributed by atoms with van der Waals surface area (Å²) in [6.45, 7) is 3.18. The van der Waals surface area contributed by atoms with E-state index >= 15 is 0 Å². The third-order valence-corrected chi connectivity index (χ3v) is 2.68. The first kappa shape index (κ1) is 16.0. The molecular formula is C14H19IN2O2. The molecule has 1 aromatic carbocycles. The lowest BCUT2D eigenvalue weighted by Crippen LogP contribution is -2.21. The molecule has 0 heterocycles. The van der Waals surface area contributed by atoms with E-state index in [2.05, 4.69) is 37.4 Å². The van der Waals surface area contributed by atoms with Crippen LogP contribution in [0.3, 0.4) is 0 Å². The molecule has 0 spiro atoms. The Balaban J connectivity index is 2.40. The Kier molecular flexibility index (Phi) is 7.50. The first-order valence-electron chi connectivity index (χ1n) is 6.16. The van der Waals surface area contributed by atoms with Crippen LogP contribution < -0.4 is 10.1 Å². The number of hydrogen-bond donors (Lipinski definition) is 1. The predicted molar refractivity (Wildman–Crippen MR) is 85.0 cm³/mol. The summed E-state index contributed by atoms with van der Waals surface area (Å²) in [4.78, 5) is 11.0. The number of benzene rings is 1. The lowest BCUT2D eigenvalue weighted by Gasteiger charge is -2.08. The van der Waals surface area contributed by atoms with Gasteiger partial charge in [0, 0.05) is 42.4 Å². The summed E-state index contributed by atoms with van der Waals surface area (Å²) < 4.78 is 7.57. The van der Waals surface area contributed by atoms with Gasteiger partial charge in [0.05, 0.1) is 6.26 Å². The molecule has 0 saturated carbocycles. The van der Waals surface area contributed by atoms with Gasteiger partial charge in [0.25, 0.3) is 0 Å². The van der Waals surface area contributed by atoms with E-state index in [9.17, 15) is 4.79 Å². The third-order valence-electron chi connectivity index (χ3n) is 2.34. The van der Waals surface area contributed by atoms with Gasteiger partial charge in [-0.05, 0) is 30.8 Å². The van der Waals surface area contributed by atoms with Crippen molar-refractivity contribution in [1.29, 1.82) is 0 Å². The summed E-state index contributed by atoms with van der Waals surface area (Å²) in [5, 5.41) is 2.74. The summed E-state index contributed by atoms with van der Waals surface area (Å²) in [7, 11) is 2.02. The van der Waals surface area contributed by atoms with Gasteiger partial charge in [-0.2, -0.15) is 0 Å². The molecule has 0 atom stereocenters. The largest absolute Gasteiger partial charge is 0.465 e. The van der Waals surface area contributed by atoms with Crippen molar-refractivity contribution < 1.29 is 9.53 Å². The number of nitrogens with zero attached hydrogens (tertiary/aromatic N) is 1. The van der Waals surface area contributed by atoms with Crippen molar-refractivity contribution in [2.45, 2.75) is 19.9 Å². The standard InChI is InChI=1S/C14H19IN2O2/c1-3-14(18)16-8-5-9-19-13-7-4-6-12(10-13)11-17(2)15/h4-7,9-10H,3,8,11H2,1-2H3,(H,16,18)/b9-5+. The summed E-state index contributed by atoms with van der Waals surface area (Å²) >= 11 is 2.25. The maximum absolute atomic E-state index is 11.0. The van der Waals surface area contributed by atoms with Gasteiger partial charge in [-0.1, -0.05) is 19.1 Å². The summed E-state index contributed by atoms with van der Waals surface area (Å²) in [5.74, 6) is 0.838. The van der Waals surface area contributed by atoms with Gasteiger partial charge in [-0.15, -0.1) is 0 Å². The predicted octanol–water partition coefficient (Wildman–Crippen LogP) is 2.89. The Morgan fingerprint density at radius 1 is 1.53 bits per heavy atom. The molecule has 1 rings (SSSR count). The molecule has 5 heteroatoms. The molecule has 0 bridgehead atoms. The number of halogens is 1. The number of nitrogens with one attached hydrogen (secondary N) is 1. The first-order chi connectivity index (χ1) is 9.11. The average Bonchev–Trinajstić information content (AvgIpc) is 2.37. The van der Waals surface area contributed by atoms with Crippen molar-refractivity contribution in [3.05, 3.63) is 42.2 Å². The van der Waals surface area contributed by atoms with E-state index in [4.69, 9.17) is 4.74 Å². The maximum atomic E-state index is 11.0. The lowest BCUT2D eigenvalue weighted by atomic mass is 10.2. The molecule has 0 aliphatic rings. The molecule has 0 radical (unpaired) electrons. The van der Waals surface area contributed by atoms with Gasteiger partial charge in [0.15, 0.2) is 0 Å². The highest BCUT2D eigenvalue weighted by Crippen LogP contribution is 2.15. The van der Waals surface area contributed by atoms with Gasteiger partial charge in [-0.3, -0.25) is 4.79 Å². The lowest BCUT2D eigenvalue weighted by molar-refractivity contribution is -0.120. The minimum atomic E-state index is 0.0386. The second-order valence-corrected chi connectivity index (χ2v) is 5.70. The van der Waals surface area contributed by atoms with Crippen LogP contribution in [0.4, 0.5) is 0 Å². The second-order valence-electron chi connectivity index (χ2n) is 4.06. The van der Waals surface area contributed by atoms with E-state index in [1.807, 2.05) is 32.2 Å². The molecular weight excluding hydrogens is 355 g/mol. The zero-order valence-electron chi connectivity index (χ0n) is 11.2. The highest BCUT2D eigenvalue weighted by molar-refractivity contribution is 14.1. The molecule has 4 nitrogen and oxygen atoms in total. The Morgan fingerprint density at radius 3 is 3.00 bits per heavy atom. The van der Waals surface area contributed by atoms with Crippen LogP contribution in [-0.2, 0) is 11.3 Å². The third kappa shape index (κ3) is 7.17. The number of carbonyl (C=O) groups is 1. The highest BCUT2D eigenvalue weighted by Gasteiger charge is 1.98. The minimum Gasteiger partial charge on any atom is -0.465 e. The second kappa shape index (κ2) is 8.92. The molecule has 0 fully saturated rings. The fourth-order valence-electron chi connectivity index (χ4n) is 1.44. The number of hydrogen-bond acceptors (Lipinski definition) is 3. The van der Waals surface area contributed by atoms with Crippen LogP contribution in [0.15, 0.2) is 36.6 Å². The molecule has 0 aliphatic carbocycles. The van der Waals surface area contributed by atoms with Crippen molar-refractivity contribution in [2.75, 3.05) is 13.6 Å². The van der Waals surface area contributed by atoms with Gasteiger partial charge < -0.3 is 10.1 Å². The van der Waals surface area contributed by atoms with Gasteiger partial charge >= 0.3 is 0 Å². The molecule has 1 amide bonds. The Hall–Kier alpha value is -1.08. The molecule has 0 aromatic heterocycles. The van der Waals surface area contributed by atoms with Gasteiger partial charge in [0.2, 0.25) is 5.91 Å². The molecule has 0 unspecified atom stereocenters. The van der Waals surface area contributed by atoms with Crippen LogP contribution in [0, 0.1) is 0 Å². The van der Waals surface area contributed by atoms with E-state index in [1.54, 1.807) is 12.3 Å². The van der Waals surface area contributed by atoms with Gasteiger partial charge in [0.1, 0.15) is 5.75 Å². The smallest absolute Gasteiger partial charge is 0.219 e. The van der Waals surface area contributed by atoms with Crippen LogP contribution in [-0.4, -0.2) is 22.6 Å². The minimum absolute atomic E-state index is 0.0386. The van der Waals surface area contributed by atoms with Crippen LogP contribution in [0.25, 0.3) is 0 Å². The van der Waals surface area contributed by atoms with Crippen molar-refractivity contribution in [3.63, 3.8) is 0 Å². The first-order valence-corrected chi connectivity index (χ1v) is 7.12. The number of carbonyl (C=O) groups excluding carboxylic acids is 1. The fraction of sp³-hybridized carbons (Fsp3) is 0.357. The zero-order valence-corrected chi connectivity index (χ0v) is 13.4. The van der Waals surface area contributed by atoms with Crippen LogP contribution in [0.2, 0.25) is 0 Å². The van der Waals surface area contributed by atoms with Crippen molar-refractivity contribution in [1.82, 2.24) is 8.43 Å². The summed E-state index contributed by atoms with van der Waals surface area (Å²) in [5.41, 5.74) is 1.20. The Bertz CT molecular complexity index is 433. The summed E-state index contributed by atoms with van der Waals surface area (Å²) in [6.07, 6.45) is 3.88. The quantitative estimate of drug-likeness (QED) is 0.453. The summed E-state index contributed by atoms with van der Waals surface area (Å²) in [6, 6.07) is 7.94. The van der Waals surface area contributed by atoms with Crippen molar-refractivity contribution >= 4 is 28.8 Å². The molecule has 0 aliphatic heterocycles. The molecule has 0 saturated heterocycles. The van der Waals surface area contributed by atoms with Crippen molar-refractivity contribution in [3.8, 4) is 5.75 Å². The molecule has 104 valence electrons. The number of ether oxygens (including phenoxy) is 1. The maximum Gasteiger partial charge on any atom is 0.219 e. The Labute approximate surface area is 128 Å². The van der Waals surface area contributed by atoms with Crippen molar-refractivity contribution in [2.24, 2.45) is 0 Å². The SMILES string of the molecule is CCC(=O)NC/C=C/Oc1cccc(CN(C)I)c1. The Morgan fingerprint density at radius 2 is 2.32 bits per heavy atom. The zero-order chi connectivity index (χ0) is 14.1. The topological polar surface area (TPSA) is 41.6 Å². The molecule has 19 heavy (non-hydrogen) atoms. The number of amides is 1. The van der Waals surface area contributed by atoms with Crippen LogP contribution in [0.1, 0.15) is 18.9 Å². The van der Waals surface area contributed by atoms with E-state index in [0.29, 0.717) is 13.0 Å². The van der Waals surface area contributed by atoms with Gasteiger partial charge in [-0.25, -0.2) is 3.11 Å². The molecule has 1 aromatic rings. The number of rotatable bonds is 7. The van der Waals surface area contributed by atoms with E-state index in [1.165, 1.54) is 5.56 Å². The van der Waals surface area contributed by atoms with E-state index in [0.717, 1.165) is 12.3 Å². The normalized spacial score (nSPS) is 10.9.